The Labute approximate surface area is 115 Å². The van der Waals surface area contributed by atoms with Crippen molar-refractivity contribution in [2.24, 2.45) is 29.1 Å². The second kappa shape index (κ2) is 4.13. The Hall–Kier alpha value is -0.730. The van der Waals surface area contributed by atoms with Crippen LogP contribution in [0.25, 0.3) is 0 Å². The number of amides is 2. The highest BCUT2D eigenvalue weighted by Crippen LogP contribution is 2.59. The average molecular weight is 262 g/mol. The van der Waals surface area contributed by atoms with Crippen molar-refractivity contribution < 1.29 is 4.79 Å². The Kier molecular flexibility index (Phi) is 2.62. The van der Waals surface area contributed by atoms with E-state index in [0.29, 0.717) is 17.4 Å². The molecular formula is C16H26N2O. The molecule has 0 saturated heterocycles. The molecular weight excluding hydrogens is 236 g/mol. The van der Waals surface area contributed by atoms with Gasteiger partial charge in [0.2, 0.25) is 0 Å². The number of rotatable bonds is 3. The fraction of sp³-hybridized carbons (Fsp3) is 0.938. The van der Waals surface area contributed by atoms with E-state index in [1.54, 1.807) is 0 Å². The molecule has 2 atom stereocenters. The van der Waals surface area contributed by atoms with E-state index in [0.717, 1.165) is 30.7 Å². The van der Waals surface area contributed by atoms with Gasteiger partial charge in [-0.2, -0.15) is 0 Å². The normalized spacial score (nSPS) is 50.1. The summed E-state index contributed by atoms with van der Waals surface area (Å²) in [7, 11) is 0. The van der Waals surface area contributed by atoms with Gasteiger partial charge in [0.25, 0.3) is 0 Å². The van der Waals surface area contributed by atoms with Gasteiger partial charge in [0.05, 0.1) is 0 Å². The van der Waals surface area contributed by atoms with Crippen molar-refractivity contribution in [2.45, 2.75) is 57.9 Å². The molecule has 5 aliphatic rings. The molecule has 0 aromatic heterocycles. The lowest BCUT2D eigenvalue weighted by molar-refractivity contribution is -0.0498. The fourth-order valence-corrected chi connectivity index (χ4v) is 5.52. The lowest BCUT2D eigenvalue weighted by Crippen LogP contribution is -2.52. The molecule has 106 valence electrons. The first-order chi connectivity index (χ1) is 9.12. The lowest BCUT2D eigenvalue weighted by atomic mass is 9.49. The van der Waals surface area contributed by atoms with Crippen LogP contribution in [0, 0.1) is 29.1 Å². The monoisotopic (exact) mass is 262 g/mol. The summed E-state index contributed by atoms with van der Waals surface area (Å²) < 4.78 is 0. The molecule has 5 fully saturated rings. The maximum atomic E-state index is 11.9. The van der Waals surface area contributed by atoms with Gasteiger partial charge in [-0.1, -0.05) is 6.92 Å². The predicted octanol–water partition coefficient (Wildman–Crippen LogP) is 2.91. The highest BCUT2D eigenvalue weighted by Gasteiger charge is 2.50. The van der Waals surface area contributed by atoms with Crippen LogP contribution in [0.4, 0.5) is 4.79 Å². The van der Waals surface area contributed by atoms with Crippen molar-refractivity contribution in [3.05, 3.63) is 0 Å². The van der Waals surface area contributed by atoms with Gasteiger partial charge in [0, 0.05) is 12.6 Å². The minimum atomic E-state index is 0.0742. The summed E-state index contributed by atoms with van der Waals surface area (Å²) >= 11 is 0. The van der Waals surface area contributed by atoms with Crippen LogP contribution in [-0.4, -0.2) is 18.6 Å². The van der Waals surface area contributed by atoms with Gasteiger partial charge in [0.15, 0.2) is 0 Å². The van der Waals surface area contributed by atoms with Gasteiger partial charge in [-0.25, -0.2) is 4.79 Å². The molecule has 0 aliphatic heterocycles. The second-order valence-corrected chi connectivity index (χ2v) is 8.06. The third-order valence-corrected chi connectivity index (χ3v) is 6.21. The Morgan fingerprint density at radius 3 is 2.05 bits per heavy atom. The summed E-state index contributed by atoms with van der Waals surface area (Å²) in [5.74, 6) is 3.60. The lowest BCUT2D eigenvalue weighted by Gasteiger charge is -2.56. The van der Waals surface area contributed by atoms with Crippen molar-refractivity contribution in [1.82, 2.24) is 10.6 Å². The third kappa shape index (κ3) is 2.25. The summed E-state index contributed by atoms with van der Waals surface area (Å²) in [6.45, 7) is 3.12. The molecule has 0 aromatic carbocycles. The van der Waals surface area contributed by atoms with Crippen LogP contribution in [0.3, 0.4) is 0 Å². The zero-order valence-corrected chi connectivity index (χ0v) is 12.0. The predicted molar refractivity (Wildman–Crippen MR) is 74.7 cm³/mol. The number of carbonyl (C=O) groups is 1. The SMILES string of the molecule is C[C@@H]1C[C@H]1NC(=O)NCC12CC3CC(CC(C3)C1)C2. The summed E-state index contributed by atoms with van der Waals surface area (Å²) in [5.41, 5.74) is 0.460. The molecule has 5 rings (SSSR count). The first-order valence-electron chi connectivity index (χ1n) is 8.16. The Morgan fingerprint density at radius 1 is 1.05 bits per heavy atom. The van der Waals surface area contributed by atoms with Crippen molar-refractivity contribution in [3.8, 4) is 0 Å². The van der Waals surface area contributed by atoms with E-state index >= 15 is 0 Å². The van der Waals surface area contributed by atoms with Gasteiger partial charge < -0.3 is 10.6 Å². The number of urea groups is 1. The van der Waals surface area contributed by atoms with Crippen molar-refractivity contribution in [2.75, 3.05) is 6.54 Å². The van der Waals surface area contributed by atoms with Crippen LogP contribution in [0.5, 0.6) is 0 Å². The molecule has 5 aliphatic carbocycles. The number of hydrogen-bond donors (Lipinski definition) is 2. The maximum Gasteiger partial charge on any atom is 0.315 e. The molecule has 5 saturated carbocycles. The summed E-state index contributed by atoms with van der Waals surface area (Å²) in [6.07, 6.45) is 9.71. The van der Waals surface area contributed by atoms with E-state index in [1.807, 2.05) is 0 Å². The standard InChI is InChI=1S/C16H26N2O/c1-10-2-14(10)18-15(19)17-9-16-6-11-3-12(7-16)5-13(4-11)8-16/h10-14H,2-9H2,1H3,(H2,17,18,19)/t10-,11?,12?,13?,14-,16?/m1/s1. The molecule has 2 amide bonds. The molecule has 3 nitrogen and oxygen atoms in total. The zero-order chi connectivity index (χ0) is 13.0. The van der Waals surface area contributed by atoms with Crippen LogP contribution in [0.2, 0.25) is 0 Å². The molecule has 0 spiro atoms. The molecule has 19 heavy (non-hydrogen) atoms. The van der Waals surface area contributed by atoms with E-state index in [4.69, 9.17) is 0 Å². The van der Waals surface area contributed by atoms with Crippen molar-refractivity contribution in [1.29, 1.82) is 0 Å². The minimum Gasteiger partial charge on any atom is -0.338 e. The second-order valence-electron chi connectivity index (χ2n) is 8.06. The largest absolute Gasteiger partial charge is 0.338 e. The molecule has 0 unspecified atom stereocenters. The Bertz CT molecular complexity index is 357. The number of carbonyl (C=O) groups excluding carboxylic acids is 1. The van der Waals surface area contributed by atoms with Crippen molar-refractivity contribution >= 4 is 6.03 Å². The zero-order valence-electron chi connectivity index (χ0n) is 12.0. The molecule has 0 aromatic rings. The van der Waals surface area contributed by atoms with Gasteiger partial charge in [-0.15, -0.1) is 0 Å². The van der Waals surface area contributed by atoms with Crippen molar-refractivity contribution in [3.63, 3.8) is 0 Å². The average Bonchev–Trinajstić information content (AvgIpc) is 3.01. The minimum absolute atomic E-state index is 0.0742. The van der Waals surface area contributed by atoms with Gasteiger partial charge in [-0.05, 0) is 74.0 Å². The molecule has 2 N–H and O–H groups in total. The summed E-state index contributed by atoms with van der Waals surface area (Å²) in [6, 6.07) is 0.515. The van der Waals surface area contributed by atoms with E-state index in [2.05, 4.69) is 17.6 Å². The number of hydrogen-bond acceptors (Lipinski definition) is 1. The smallest absolute Gasteiger partial charge is 0.315 e. The molecule has 0 radical (unpaired) electrons. The van der Waals surface area contributed by atoms with E-state index in [9.17, 15) is 4.79 Å². The highest BCUT2D eigenvalue weighted by molar-refractivity contribution is 5.74. The fourth-order valence-electron chi connectivity index (χ4n) is 5.52. The van der Waals surface area contributed by atoms with Crippen LogP contribution < -0.4 is 10.6 Å². The van der Waals surface area contributed by atoms with Crippen LogP contribution >= 0.6 is 0 Å². The maximum absolute atomic E-state index is 11.9. The first kappa shape index (κ1) is 12.0. The summed E-state index contributed by atoms with van der Waals surface area (Å²) in [5, 5.41) is 6.27. The molecule has 3 heteroatoms. The highest BCUT2D eigenvalue weighted by atomic mass is 16.2. The van der Waals surface area contributed by atoms with E-state index in [-0.39, 0.29) is 6.03 Å². The topological polar surface area (TPSA) is 41.1 Å². The van der Waals surface area contributed by atoms with Gasteiger partial charge >= 0.3 is 6.03 Å². The first-order valence-corrected chi connectivity index (χ1v) is 8.16. The number of nitrogens with one attached hydrogen (secondary N) is 2. The van der Waals surface area contributed by atoms with Gasteiger partial charge in [0.1, 0.15) is 0 Å². The quantitative estimate of drug-likeness (QED) is 0.806. The Morgan fingerprint density at radius 2 is 1.58 bits per heavy atom. The van der Waals surface area contributed by atoms with E-state index in [1.165, 1.54) is 38.5 Å². The third-order valence-electron chi connectivity index (χ3n) is 6.21. The summed E-state index contributed by atoms with van der Waals surface area (Å²) in [4.78, 5) is 11.9. The van der Waals surface area contributed by atoms with Crippen LogP contribution in [0.1, 0.15) is 51.9 Å². The van der Waals surface area contributed by atoms with Crippen LogP contribution in [-0.2, 0) is 0 Å². The van der Waals surface area contributed by atoms with E-state index < -0.39 is 0 Å². The molecule has 0 heterocycles. The van der Waals surface area contributed by atoms with Crippen LogP contribution in [0.15, 0.2) is 0 Å². The Balaban J connectivity index is 1.33. The molecule has 4 bridgehead atoms. The van der Waals surface area contributed by atoms with Gasteiger partial charge in [-0.3, -0.25) is 0 Å².